The molecule has 0 N–H and O–H groups in total. The topological polar surface area (TPSA) is 3.24 Å². The van der Waals surface area contributed by atoms with Gasteiger partial charge in [-0.1, -0.05) is 43.2 Å². The zero-order chi connectivity index (χ0) is 19.8. The van der Waals surface area contributed by atoms with Crippen LogP contribution in [0.4, 0.5) is 0 Å². The van der Waals surface area contributed by atoms with Crippen molar-refractivity contribution >= 4 is 0 Å². The van der Waals surface area contributed by atoms with E-state index in [-0.39, 0.29) is 0 Å². The van der Waals surface area contributed by atoms with Gasteiger partial charge < -0.3 is 0 Å². The first-order chi connectivity index (χ1) is 13.4. The Morgan fingerprint density at radius 1 is 0.929 bits per heavy atom. The van der Waals surface area contributed by atoms with Gasteiger partial charge in [-0.05, 0) is 114 Å². The molecule has 1 heteroatoms. The van der Waals surface area contributed by atoms with E-state index in [1.54, 1.807) is 5.57 Å². The molecule has 4 aliphatic rings. The van der Waals surface area contributed by atoms with Crippen LogP contribution in [0, 0.1) is 17.3 Å². The second-order valence-corrected chi connectivity index (χ2v) is 11.1. The number of hydrogen-bond acceptors (Lipinski definition) is 1. The maximum atomic E-state index is 4.33. The maximum absolute atomic E-state index is 4.33. The van der Waals surface area contributed by atoms with Crippen molar-refractivity contribution in [1.82, 2.24) is 4.90 Å². The van der Waals surface area contributed by atoms with Crippen LogP contribution in [0.15, 0.2) is 35.5 Å². The molecule has 1 saturated heterocycles. The first-order valence-corrected chi connectivity index (χ1v) is 12.2. The molecule has 1 heterocycles. The normalized spacial score (nSPS) is 39.5. The Kier molecular flexibility index (Phi) is 5.94. The van der Waals surface area contributed by atoms with E-state index < -0.39 is 0 Å². The van der Waals surface area contributed by atoms with Gasteiger partial charge in [0.2, 0.25) is 0 Å². The number of fused-ring (bicyclic) bond motifs is 1. The maximum Gasteiger partial charge on any atom is 0.0153 e. The molecule has 4 fully saturated rings. The fraction of sp³-hybridized carbons (Fsp3) is 0.778. The smallest absolute Gasteiger partial charge is 0.0153 e. The summed E-state index contributed by atoms with van der Waals surface area (Å²) >= 11 is 0. The molecule has 0 radical (unpaired) electrons. The van der Waals surface area contributed by atoms with E-state index in [0.29, 0.717) is 11.0 Å². The number of allylic oxidation sites excluding steroid dienone is 5. The Morgan fingerprint density at radius 2 is 1.75 bits per heavy atom. The van der Waals surface area contributed by atoms with Crippen LogP contribution >= 0.6 is 0 Å². The lowest BCUT2D eigenvalue weighted by molar-refractivity contribution is 0.0253. The van der Waals surface area contributed by atoms with E-state index in [9.17, 15) is 0 Å². The number of rotatable bonds is 3. The van der Waals surface area contributed by atoms with Gasteiger partial charge in [0.15, 0.2) is 0 Å². The monoisotopic (exact) mass is 381 g/mol. The largest absolute Gasteiger partial charge is 0.298 e. The van der Waals surface area contributed by atoms with Gasteiger partial charge in [-0.3, -0.25) is 4.90 Å². The van der Waals surface area contributed by atoms with E-state index in [4.69, 9.17) is 0 Å². The van der Waals surface area contributed by atoms with E-state index in [0.717, 1.165) is 11.8 Å². The molecule has 0 aromatic heterocycles. The highest BCUT2D eigenvalue weighted by molar-refractivity contribution is 5.35. The molecular formula is C27H43N. The Hall–Kier alpha value is -0.820. The molecule has 3 atom stereocenters. The Balaban J connectivity index is 1.49. The lowest BCUT2D eigenvalue weighted by atomic mass is 9.63. The Morgan fingerprint density at radius 3 is 2.54 bits per heavy atom. The van der Waals surface area contributed by atoms with Gasteiger partial charge in [-0.2, -0.15) is 0 Å². The third-order valence-corrected chi connectivity index (χ3v) is 9.05. The predicted octanol–water partition coefficient (Wildman–Crippen LogP) is 7.45. The molecule has 3 saturated carbocycles. The van der Waals surface area contributed by atoms with E-state index in [1.807, 2.05) is 0 Å². The molecule has 3 unspecified atom stereocenters. The van der Waals surface area contributed by atoms with Crippen molar-refractivity contribution in [2.75, 3.05) is 13.1 Å². The third kappa shape index (κ3) is 3.93. The summed E-state index contributed by atoms with van der Waals surface area (Å²) in [4.78, 5) is 2.85. The van der Waals surface area contributed by atoms with Crippen LogP contribution in [0.3, 0.4) is 0 Å². The van der Waals surface area contributed by atoms with Gasteiger partial charge in [-0.25, -0.2) is 0 Å². The summed E-state index contributed by atoms with van der Waals surface area (Å²) in [5.74, 6) is 1.71. The predicted molar refractivity (Wildman–Crippen MR) is 121 cm³/mol. The van der Waals surface area contributed by atoms with Gasteiger partial charge >= 0.3 is 0 Å². The van der Waals surface area contributed by atoms with E-state index >= 15 is 0 Å². The fourth-order valence-electron chi connectivity index (χ4n) is 6.97. The number of likely N-dealkylation sites (tertiary alicyclic amines) is 1. The SMILES string of the molecule is C=C1CCCC/C1=C/C=C1\CCCC2(C)C(CN3CCCCC3(C)C)CCC12. The van der Waals surface area contributed by atoms with Gasteiger partial charge in [0.1, 0.15) is 0 Å². The Bertz CT molecular complexity index is 651. The highest BCUT2D eigenvalue weighted by atomic mass is 15.2. The molecule has 3 aliphatic carbocycles. The second-order valence-electron chi connectivity index (χ2n) is 11.1. The molecule has 4 rings (SSSR count). The summed E-state index contributed by atoms with van der Waals surface area (Å²) < 4.78 is 0. The molecule has 28 heavy (non-hydrogen) atoms. The molecule has 156 valence electrons. The van der Waals surface area contributed by atoms with E-state index in [1.165, 1.54) is 101 Å². The summed E-state index contributed by atoms with van der Waals surface area (Å²) in [5, 5.41) is 0. The van der Waals surface area contributed by atoms with Gasteiger partial charge in [-0.15, -0.1) is 0 Å². The van der Waals surface area contributed by atoms with Crippen molar-refractivity contribution in [2.24, 2.45) is 17.3 Å². The zero-order valence-electron chi connectivity index (χ0n) is 18.9. The molecule has 0 spiro atoms. The molecule has 0 bridgehead atoms. The lowest BCUT2D eigenvalue weighted by Gasteiger charge is -2.48. The van der Waals surface area contributed by atoms with Crippen LogP contribution < -0.4 is 0 Å². The highest BCUT2D eigenvalue weighted by Crippen LogP contribution is 2.58. The minimum absolute atomic E-state index is 0.409. The van der Waals surface area contributed by atoms with Crippen molar-refractivity contribution in [3.05, 3.63) is 35.5 Å². The van der Waals surface area contributed by atoms with Gasteiger partial charge in [0, 0.05) is 12.1 Å². The van der Waals surface area contributed by atoms with Crippen molar-refractivity contribution < 1.29 is 0 Å². The average molecular weight is 382 g/mol. The first kappa shape index (κ1) is 20.5. The van der Waals surface area contributed by atoms with Crippen LogP contribution in [0.25, 0.3) is 0 Å². The highest BCUT2D eigenvalue weighted by Gasteiger charge is 2.50. The Labute approximate surface area is 174 Å². The summed E-state index contributed by atoms with van der Waals surface area (Å²) in [6.45, 7) is 14.6. The number of nitrogens with zero attached hydrogens (tertiary/aromatic N) is 1. The number of piperidine rings is 1. The van der Waals surface area contributed by atoms with Crippen molar-refractivity contribution in [2.45, 2.75) is 103 Å². The minimum Gasteiger partial charge on any atom is -0.298 e. The van der Waals surface area contributed by atoms with Gasteiger partial charge in [0.05, 0.1) is 0 Å². The van der Waals surface area contributed by atoms with Crippen molar-refractivity contribution in [1.29, 1.82) is 0 Å². The molecular weight excluding hydrogens is 338 g/mol. The molecule has 0 aromatic rings. The summed E-state index contributed by atoms with van der Waals surface area (Å²) in [6.07, 6.45) is 21.4. The second kappa shape index (κ2) is 8.13. The average Bonchev–Trinajstić information content (AvgIpc) is 2.99. The molecule has 1 aliphatic heterocycles. The van der Waals surface area contributed by atoms with E-state index in [2.05, 4.69) is 44.4 Å². The van der Waals surface area contributed by atoms with Crippen molar-refractivity contribution in [3.63, 3.8) is 0 Å². The van der Waals surface area contributed by atoms with Crippen LogP contribution in [-0.2, 0) is 0 Å². The van der Waals surface area contributed by atoms with Crippen LogP contribution in [-0.4, -0.2) is 23.5 Å². The van der Waals surface area contributed by atoms with Crippen LogP contribution in [0.5, 0.6) is 0 Å². The lowest BCUT2D eigenvalue weighted by Crippen LogP contribution is -2.51. The first-order valence-electron chi connectivity index (χ1n) is 12.2. The van der Waals surface area contributed by atoms with Crippen molar-refractivity contribution in [3.8, 4) is 0 Å². The summed E-state index contributed by atoms with van der Waals surface area (Å²) in [6, 6.07) is 0. The van der Waals surface area contributed by atoms with Crippen LogP contribution in [0.2, 0.25) is 0 Å². The molecule has 1 nitrogen and oxygen atoms in total. The quantitative estimate of drug-likeness (QED) is 0.490. The molecule has 0 aromatic carbocycles. The fourth-order valence-corrected chi connectivity index (χ4v) is 6.97. The standard InChI is InChI=1S/C27H43N/c1-21-10-5-6-11-22(21)13-14-23-12-9-18-27(4)24(15-16-25(23)27)20-28-19-8-7-17-26(28,2)3/h13-14,24-25H,1,5-12,15-20H2,2-4H3/b22-13-,23-14+. The number of hydrogen-bond donors (Lipinski definition) is 0. The van der Waals surface area contributed by atoms with Crippen LogP contribution in [0.1, 0.15) is 97.8 Å². The summed E-state index contributed by atoms with van der Waals surface area (Å²) in [7, 11) is 0. The summed E-state index contributed by atoms with van der Waals surface area (Å²) in [5.41, 5.74) is 5.64. The third-order valence-electron chi connectivity index (χ3n) is 9.05. The minimum atomic E-state index is 0.409. The zero-order valence-corrected chi connectivity index (χ0v) is 18.9. The molecule has 0 amide bonds. The van der Waals surface area contributed by atoms with Gasteiger partial charge in [0.25, 0.3) is 0 Å².